The van der Waals surface area contributed by atoms with E-state index in [-0.39, 0.29) is 6.04 Å². The van der Waals surface area contributed by atoms with Crippen LogP contribution in [0.1, 0.15) is 6.42 Å². The molecule has 1 N–H and O–H groups in total. The lowest BCUT2D eigenvalue weighted by atomic mass is 10.0. The predicted octanol–water partition coefficient (Wildman–Crippen LogP) is 0.138. The van der Waals surface area contributed by atoms with E-state index in [0.717, 1.165) is 13.0 Å². The van der Waals surface area contributed by atoms with Crippen molar-refractivity contribution in [3.63, 3.8) is 0 Å². The van der Waals surface area contributed by atoms with Crippen molar-refractivity contribution in [1.29, 1.82) is 5.26 Å². The van der Waals surface area contributed by atoms with Crippen LogP contribution in [-0.2, 0) is 4.74 Å². The van der Waals surface area contributed by atoms with Crippen molar-refractivity contribution in [3.8, 4) is 18.4 Å². The highest BCUT2D eigenvalue weighted by atomic mass is 16.5. The fourth-order valence-corrected chi connectivity index (χ4v) is 1.30. The Morgan fingerprint density at radius 1 is 1.75 bits per heavy atom. The minimum atomic E-state index is -0.149. The van der Waals surface area contributed by atoms with Gasteiger partial charge >= 0.3 is 0 Å². The molecule has 1 rings (SSSR count). The average molecular weight is 164 g/mol. The van der Waals surface area contributed by atoms with Crippen molar-refractivity contribution in [2.24, 2.45) is 5.92 Å². The van der Waals surface area contributed by atoms with E-state index in [1.54, 1.807) is 0 Å². The van der Waals surface area contributed by atoms with Crippen molar-refractivity contribution >= 4 is 0 Å². The second-order valence-electron chi connectivity index (χ2n) is 2.82. The smallest absolute Gasteiger partial charge is 0.101 e. The van der Waals surface area contributed by atoms with Gasteiger partial charge in [0.25, 0.3) is 0 Å². The molecule has 0 aromatic carbocycles. The van der Waals surface area contributed by atoms with Gasteiger partial charge < -0.3 is 4.74 Å². The first-order valence-corrected chi connectivity index (χ1v) is 4.02. The summed E-state index contributed by atoms with van der Waals surface area (Å²) in [7, 11) is 0. The highest BCUT2D eigenvalue weighted by Crippen LogP contribution is 2.15. The van der Waals surface area contributed by atoms with Crippen LogP contribution in [0.15, 0.2) is 0 Å². The molecule has 3 heteroatoms. The van der Waals surface area contributed by atoms with Gasteiger partial charge in [0.1, 0.15) is 6.04 Å². The number of rotatable bonds is 3. The van der Waals surface area contributed by atoms with Crippen LogP contribution in [0.2, 0.25) is 0 Å². The summed E-state index contributed by atoms with van der Waals surface area (Å²) in [4.78, 5) is 0. The minimum Gasteiger partial charge on any atom is -0.381 e. The molecule has 1 saturated heterocycles. The van der Waals surface area contributed by atoms with E-state index in [9.17, 15) is 0 Å². The van der Waals surface area contributed by atoms with Gasteiger partial charge in [-0.2, -0.15) is 5.26 Å². The second kappa shape index (κ2) is 4.77. The minimum absolute atomic E-state index is 0.149. The van der Waals surface area contributed by atoms with Gasteiger partial charge in [-0.25, -0.2) is 0 Å². The third-order valence-corrected chi connectivity index (χ3v) is 2.00. The normalized spacial score (nSPS) is 24.3. The first-order chi connectivity index (χ1) is 5.88. The van der Waals surface area contributed by atoms with E-state index >= 15 is 0 Å². The zero-order chi connectivity index (χ0) is 8.81. The third-order valence-electron chi connectivity index (χ3n) is 2.00. The number of ether oxygens (including phenoxy) is 1. The standard InChI is InChI=1S/C9H12N2O/c1-2-4-11-9(6-10)8-3-5-12-7-8/h1,8-9,11H,3-5,7H2. The van der Waals surface area contributed by atoms with Crippen LogP contribution in [0, 0.1) is 29.6 Å². The molecule has 0 spiro atoms. The fourth-order valence-electron chi connectivity index (χ4n) is 1.30. The molecule has 0 aromatic heterocycles. The first kappa shape index (κ1) is 9.06. The Labute approximate surface area is 72.7 Å². The van der Waals surface area contributed by atoms with Crippen LogP contribution in [-0.4, -0.2) is 25.8 Å². The highest BCUT2D eigenvalue weighted by molar-refractivity contribution is 4.99. The van der Waals surface area contributed by atoms with Crippen LogP contribution in [0.25, 0.3) is 0 Å². The Bertz CT molecular complexity index is 208. The van der Waals surface area contributed by atoms with Crippen molar-refractivity contribution in [2.45, 2.75) is 12.5 Å². The topological polar surface area (TPSA) is 45.0 Å². The van der Waals surface area contributed by atoms with E-state index in [1.165, 1.54) is 0 Å². The van der Waals surface area contributed by atoms with E-state index in [1.807, 2.05) is 0 Å². The maximum Gasteiger partial charge on any atom is 0.101 e. The first-order valence-electron chi connectivity index (χ1n) is 4.02. The fraction of sp³-hybridized carbons (Fsp3) is 0.667. The second-order valence-corrected chi connectivity index (χ2v) is 2.82. The number of nitrogens with zero attached hydrogens (tertiary/aromatic N) is 1. The zero-order valence-corrected chi connectivity index (χ0v) is 6.92. The van der Waals surface area contributed by atoms with Gasteiger partial charge in [-0.05, 0) is 6.42 Å². The molecule has 2 atom stereocenters. The summed E-state index contributed by atoms with van der Waals surface area (Å²) in [6, 6.07) is 2.04. The van der Waals surface area contributed by atoms with E-state index in [4.69, 9.17) is 16.4 Å². The molecule has 1 fully saturated rings. The Morgan fingerprint density at radius 3 is 3.08 bits per heavy atom. The van der Waals surface area contributed by atoms with E-state index in [2.05, 4.69) is 17.3 Å². The molecule has 1 heterocycles. The zero-order valence-electron chi connectivity index (χ0n) is 6.92. The average Bonchev–Trinajstić information content (AvgIpc) is 2.59. The maximum absolute atomic E-state index is 8.78. The number of nitriles is 1. The molecule has 1 aliphatic rings. The summed E-state index contributed by atoms with van der Waals surface area (Å²) in [5.74, 6) is 2.76. The molecule has 0 amide bonds. The highest BCUT2D eigenvalue weighted by Gasteiger charge is 2.24. The predicted molar refractivity (Wildman–Crippen MR) is 45.2 cm³/mol. The van der Waals surface area contributed by atoms with Gasteiger partial charge in [-0.1, -0.05) is 5.92 Å². The lowest BCUT2D eigenvalue weighted by Crippen LogP contribution is -2.35. The Morgan fingerprint density at radius 2 is 2.58 bits per heavy atom. The molecular weight excluding hydrogens is 152 g/mol. The molecule has 64 valence electrons. The Hall–Kier alpha value is -1.03. The molecule has 0 radical (unpaired) electrons. The van der Waals surface area contributed by atoms with Crippen molar-refractivity contribution < 1.29 is 4.74 Å². The van der Waals surface area contributed by atoms with Gasteiger partial charge in [0.2, 0.25) is 0 Å². The lowest BCUT2D eigenvalue weighted by Gasteiger charge is -2.14. The van der Waals surface area contributed by atoms with Crippen LogP contribution < -0.4 is 5.32 Å². The molecule has 1 aliphatic heterocycles. The molecule has 3 nitrogen and oxygen atoms in total. The van der Waals surface area contributed by atoms with Gasteiger partial charge in [0.15, 0.2) is 0 Å². The van der Waals surface area contributed by atoms with Crippen LogP contribution in [0.3, 0.4) is 0 Å². The molecule has 2 unspecified atom stereocenters. The molecule has 12 heavy (non-hydrogen) atoms. The van der Waals surface area contributed by atoms with Gasteiger partial charge in [-0.15, -0.1) is 6.42 Å². The quantitative estimate of drug-likeness (QED) is 0.603. The van der Waals surface area contributed by atoms with E-state index in [0.29, 0.717) is 19.1 Å². The number of nitrogens with one attached hydrogen (secondary N) is 1. The summed E-state index contributed by atoms with van der Waals surface area (Å²) in [5, 5.41) is 11.8. The van der Waals surface area contributed by atoms with Gasteiger partial charge in [0, 0.05) is 12.5 Å². The maximum atomic E-state index is 8.78. The monoisotopic (exact) mass is 164 g/mol. The van der Waals surface area contributed by atoms with Crippen LogP contribution in [0.5, 0.6) is 0 Å². The number of hydrogen-bond donors (Lipinski definition) is 1. The summed E-state index contributed by atoms with van der Waals surface area (Å²) in [5.41, 5.74) is 0. The van der Waals surface area contributed by atoms with Crippen LogP contribution >= 0.6 is 0 Å². The summed E-state index contributed by atoms with van der Waals surface area (Å²) < 4.78 is 5.18. The summed E-state index contributed by atoms with van der Waals surface area (Å²) >= 11 is 0. The summed E-state index contributed by atoms with van der Waals surface area (Å²) in [6.45, 7) is 1.89. The van der Waals surface area contributed by atoms with Crippen molar-refractivity contribution in [3.05, 3.63) is 0 Å². The molecule has 0 saturated carbocycles. The SMILES string of the molecule is C#CCNC(C#N)C1CCOC1. The van der Waals surface area contributed by atoms with Crippen molar-refractivity contribution in [2.75, 3.05) is 19.8 Å². The number of hydrogen-bond acceptors (Lipinski definition) is 3. The summed E-state index contributed by atoms with van der Waals surface area (Å²) in [6.07, 6.45) is 6.03. The Balaban J connectivity index is 2.35. The molecular formula is C9H12N2O. The van der Waals surface area contributed by atoms with Crippen molar-refractivity contribution in [1.82, 2.24) is 5.32 Å². The largest absolute Gasteiger partial charge is 0.381 e. The van der Waals surface area contributed by atoms with E-state index < -0.39 is 0 Å². The van der Waals surface area contributed by atoms with Gasteiger partial charge in [-0.3, -0.25) is 5.32 Å². The molecule has 0 bridgehead atoms. The number of terminal acetylenes is 1. The lowest BCUT2D eigenvalue weighted by molar-refractivity contribution is 0.181. The van der Waals surface area contributed by atoms with Crippen LogP contribution in [0.4, 0.5) is 0 Å². The Kier molecular flexibility index (Phi) is 3.60. The molecule has 0 aromatic rings. The van der Waals surface area contributed by atoms with Gasteiger partial charge in [0.05, 0.1) is 19.2 Å². The third kappa shape index (κ3) is 2.23. The molecule has 0 aliphatic carbocycles.